The van der Waals surface area contributed by atoms with Gasteiger partial charge >= 0.3 is 0 Å². The van der Waals surface area contributed by atoms with Gasteiger partial charge in [-0.25, -0.2) is 8.42 Å². The lowest BCUT2D eigenvalue weighted by molar-refractivity contribution is 0.0779. The smallest absolute Gasteiger partial charge is 0.270 e. The second kappa shape index (κ2) is 9.10. The zero-order valence-electron chi connectivity index (χ0n) is 20.7. The molecule has 0 spiro atoms. The number of aromatic nitrogens is 1. The molecule has 0 aliphatic rings. The molecule has 0 unspecified atom stereocenters. The molecule has 0 aliphatic heterocycles. The molecule has 0 aliphatic carbocycles. The molecule has 0 atom stereocenters. The summed E-state index contributed by atoms with van der Waals surface area (Å²) in [7, 11) is -2.50. The lowest BCUT2D eigenvalue weighted by Gasteiger charge is -2.19. The molecular weight excluding hydrogens is 450 g/mol. The van der Waals surface area contributed by atoms with Gasteiger partial charge in [-0.3, -0.25) is 9.59 Å². The first-order valence-corrected chi connectivity index (χ1v) is 12.4. The molecule has 3 aromatic rings. The Hall–Kier alpha value is -3.39. The molecule has 2 amide bonds. The molecule has 180 valence electrons. The van der Waals surface area contributed by atoms with Gasteiger partial charge < -0.3 is 15.6 Å². The number of H-pyrrole nitrogens is 1. The predicted molar refractivity (Wildman–Crippen MR) is 132 cm³/mol. The fraction of sp³-hybridized carbons (Fsp3) is 0.308. The fourth-order valence-corrected chi connectivity index (χ4v) is 6.28. The molecule has 0 saturated heterocycles. The molecule has 1 heterocycles. The highest BCUT2D eigenvalue weighted by Gasteiger charge is 2.33. The third-order valence-electron chi connectivity index (χ3n) is 6.23. The van der Waals surface area contributed by atoms with Crippen LogP contribution in [0.25, 0.3) is 0 Å². The van der Waals surface area contributed by atoms with Crippen molar-refractivity contribution in [3.05, 3.63) is 80.7 Å². The third-order valence-corrected chi connectivity index (χ3v) is 8.28. The molecule has 1 aromatic heterocycles. The summed E-state index contributed by atoms with van der Waals surface area (Å²) in [6.07, 6.45) is 0. The summed E-state index contributed by atoms with van der Waals surface area (Å²) >= 11 is 0. The normalized spacial score (nSPS) is 11.5. The Labute approximate surface area is 200 Å². The zero-order valence-corrected chi connectivity index (χ0v) is 21.5. The number of hydrogen-bond donors (Lipinski definition) is 2. The van der Waals surface area contributed by atoms with Gasteiger partial charge in [0.2, 0.25) is 9.84 Å². The second-order valence-corrected chi connectivity index (χ2v) is 10.8. The molecular formula is C26H31N3O4S. The lowest BCUT2D eigenvalue weighted by Crippen LogP contribution is -2.27. The van der Waals surface area contributed by atoms with Crippen LogP contribution in [0.5, 0.6) is 0 Å². The Balaban J connectivity index is 2.11. The SMILES string of the molecule is Cc1ccc(CN(C)C(=O)c2[nH]c(C(N)=O)c(S(=O)(=O)c3cc(C)cc(C)c3C)c2C)c(C)c1. The van der Waals surface area contributed by atoms with Crippen LogP contribution in [0.2, 0.25) is 0 Å². The molecule has 8 heteroatoms. The number of nitrogens with two attached hydrogens (primary N) is 1. The Bertz CT molecular complexity index is 1420. The summed E-state index contributed by atoms with van der Waals surface area (Å²) in [5.74, 6) is -1.38. The van der Waals surface area contributed by atoms with E-state index < -0.39 is 21.7 Å². The van der Waals surface area contributed by atoms with E-state index in [-0.39, 0.29) is 26.7 Å². The van der Waals surface area contributed by atoms with Gasteiger partial charge in [-0.2, -0.15) is 0 Å². The van der Waals surface area contributed by atoms with E-state index in [0.717, 1.165) is 27.8 Å². The van der Waals surface area contributed by atoms with Crippen LogP contribution in [0.4, 0.5) is 0 Å². The summed E-state index contributed by atoms with van der Waals surface area (Å²) in [5, 5.41) is 0. The minimum absolute atomic E-state index is 0.0293. The molecule has 0 bridgehead atoms. The number of aryl methyl sites for hydroxylation is 4. The monoisotopic (exact) mass is 481 g/mol. The van der Waals surface area contributed by atoms with Gasteiger partial charge in [0.05, 0.1) is 4.90 Å². The predicted octanol–water partition coefficient (Wildman–Crippen LogP) is 4.07. The number of nitrogens with one attached hydrogen (secondary N) is 1. The summed E-state index contributed by atoms with van der Waals surface area (Å²) in [6.45, 7) is 11.2. The molecule has 7 nitrogen and oxygen atoms in total. The van der Waals surface area contributed by atoms with Gasteiger partial charge in [0, 0.05) is 13.6 Å². The Kier molecular flexibility index (Phi) is 6.75. The Morgan fingerprint density at radius 1 is 0.882 bits per heavy atom. The zero-order chi connectivity index (χ0) is 25.5. The standard InChI is InChI=1S/C26H31N3O4S/c1-14-8-9-20(17(4)10-14)13-29(7)26(31)22-19(6)24(23(28-22)25(27)30)34(32,33)21-12-15(2)11-16(3)18(21)5/h8-12,28H,13H2,1-7H3,(H2,27,30). The van der Waals surface area contributed by atoms with E-state index in [1.165, 1.54) is 11.8 Å². The number of primary amides is 1. The highest BCUT2D eigenvalue weighted by molar-refractivity contribution is 7.91. The first-order valence-electron chi connectivity index (χ1n) is 10.9. The summed E-state index contributed by atoms with van der Waals surface area (Å²) in [4.78, 5) is 29.6. The van der Waals surface area contributed by atoms with Crippen LogP contribution in [0.3, 0.4) is 0 Å². The average molecular weight is 482 g/mol. The van der Waals surface area contributed by atoms with Crippen molar-refractivity contribution in [3.63, 3.8) is 0 Å². The number of nitrogens with zero attached hydrogens (tertiary/aromatic N) is 1. The number of rotatable bonds is 6. The van der Waals surface area contributed by atoms with E-state index in [1.54, 1.807) is 27.0 Å². The Morgan fingerprint density at radius 2 is 1.50 bits per heavy atom. The van der Waals surface area contributed by atoms with Gasteiger partial charge in [-0.1, -0.05) is 29.8 Å². The number of carbonyl (C=O) groups is 2. The largest absolute Gasteiger partial charge is 0.364 e. The molecule has 34 heavy (non-hydrogen) atoms. The lowest BCUT2D eigenvalue weighted by atomic mass is 10.1. The highest BCUT2D eigenvalue weighted by atomic mass is 32.2. The second-order valence-electron chi connectivity index (χ2n) is 8.99. The number of amides is 2. The van der Waals surface area contributed by atoms with Crippen molar-refractivity contribution in [1.82, 2.24) is 9.88 Å². The molecule has 0 saturated carbocycles. The maximum atomic E-state index is 13.7. The van der Waals surface area contributed by atoms with Gasteiger partial charge in [0.25, 0.3) is 11.8 Å². The van der Waals surface area contributed by atoms with Crippen molar-refractivity contribution >= 4 is 21.7 Å². The first kappa shape index (κ1) is 25.2. The number of benzene rings is 2. The van der Waals surface area contributed by atoms with Crippen LogP contribution in [0, 0.1) is 41.5 Å². The molecule has 3 N–H and O–H groups in total. The van der Waals surface area contributed by atoms with Crippen molar-refractivity contribution in [3.8, 4) is 0 Å². The summed E-state index contributed by atoms with van der Waals surface area (Å²) in [5.41, 5.74) is 10.8. The minimum Gasteiger partial charge on any atom is -0.364 e. The van der Waals surface area contributed by atoms with Gasteiger partial charge in [0.15, 0.2) is 0 Å². The summed E-state index contributed by atoms with van der Waals surface area (Å²) < 4.78 is 27.5. The number of sulfone groups is 1. The van der Waals surface area contributed by atoms with E-state index in [9.17, 15) is 18.0 Å². The maximum Gasteiger partial charge on any atom is 0.270 e. The maximum absolute atomic E-state index is 13.7. The first-order chi connectivity index (χ1) is 15.7. The van der Waals surface area contributed by atoms with Crippen LogP contribution in [0.1, 0.15) is 59.9 Å². The van der Waals surface area contributed by atoms with E-state index in [2.05, 4.69) is 4.98 Å². The van der Waals surface area contributed by atoms with Crippen LogP contribution in [-0.2, 0) is 16.4 Å². The quantitative estimate of drug-likeness (QED) is 0.552. The third kappa shape index (κ3) is 4.50. The minimum atomic E-state index is -4.13. The van der Waals surface area contributed by atoms with Crippen LogP contribution >= 0.6 is 0 Å². The van der Waals surface area contributed by atoms with Gasteiger partial charge in [-0.05, 0) is 81.0 Å². The van der Waals surface area contributed by atoms with Crippen molar-refractivity contribution < 1.29 is 18.0 Å². The molecule has 0 fully saturated rings. The highest BCUT2D eigenvalue weighted by Crippen LogP contribution is 2.33. The van der Waals surface area contributed by atoms with Gasteiger partial charge in [0.1, 0.15) is 16.3 Å². The molecule has 3 rings (SSSR count). The van der Waals surface area contributed by atoms with Crippen molar-refractivity contribution in [1.29, 1.82) is 0 Å². The van der Waals surface area contributed by atoms with E-state index in [4.69, 9.17) is 5.73 Å². The number of carbonyl (C=O) groups excluding carboxylic acids is 2. The molecule has 2 aromatic carbocycles. The molecule has 0 radical (unpaired) electrons. The Morgan fingerprint density at radius 3 is 2.09 bits per heavy atom. The van der Waals surface area contributed by atoms with E-state index in [1.807, 2.05) is 45.0 Å². The van der Waals surface area contributed by atoms with Gasteiger partial charge in [-0.15, -0.1) is 0 Å². The summed E-state index contributed by atoms with van der Waals surface area (Å²) in [6, 6.07) is 9.44. The van der Waals surface area contributed by atoms with E-state index in [0.29, 0.717) is 12.1 Å². The van der Waals surface area contributed by atoms with E-state index >= 15 is 0 Å². The van der Waals surface area contributed by atoms with Crippen LogP contribution < -0.4 is 5.73 Å². The average Bonchev–Trinajstić information content (AvgIpc) is 3.10. The van der Waals surface area contributed by atoms with Crippen LogP contribution in [-0.4, -0.2) is 37.2 Å². The number of aromatic amines is 1. The topological polar surface area (TPSA) is 113 Å². The number of hydrogen-bond acceptors (Lipinski definition) is 4. The van der Waals surface area contributed by atoms with Crippen LogP contribution in [0.15, 0.2) is 40.1 Å². The fourth-order valence-electron chi connectivity index (χ4n) is 4.23. The van der Waals surface area contributed by atoms with Crippen molar-refractivity contribution in [2.75, 3.05) is 7.05 Å². The van der Waals surface area contributed by atoms with Crippen molar-refractivity contribution in [2.45, 2.75) is 57.9 Å². The van der Waals surface area contributed by atoms with Crippen molar-refractivity contribution in [2.24, 2.45) is 5.73 Å².